The van der Waals surface area contributed by atoms with Crippen LogP contribution in [-0.4, -0.2) is 32.6 Å². The van der Waals surface area contributed by atoms with Crippen LogP contribution in [0, 0.1) is 0 Å². The minimum absolute atomic E-state index is 0.0637. The molecule has 0 saturated carbocycles. The summed E-state index contributed by atoms with van der Waals surface area (Å²) in [5.74, 6) is -0.0656. The number of benzene rings is 1. The minimum atomic E-state index is -3.60. The highest BCUT2D eigenvalue weighted by Gasteiger charge is 2.33. The summed E-state index contributed by atoms with van der Waals surface area (Å²) in [6.45, 7) is 3.96. The molecule has 0 fully saturated rings. The van der Waals surface area contributed by atoms with Gasteiger partial charge in [-0.3, -0.25) is 4.79 Å². The van der Waals surface area contributed by atoms with Gasteiger partial charge in [-0.15, -0.1) is 0 Å². The lowest BCUT2D eigenvalue weighted by atomic mass is 9.78. The van der Waals surface area contributed by atoms with Gasteiger partial charge in [0.25, 0.3) is 0 Å². The van der Waals surface area contributed by atoms with Crippen LogP contribution in [0.2, 0.25) is 0 Å². The molecule has 1 heterocycles. The summed E-state index contributed by atoms with van der Waals surface area (Å²) in [5.41, 5.74) is 1.06. The minimum Gasteiger partial charge on any atom is -0.396 e. The Morgan fingerprint density at radius 3 is 2.76 bits per heavy atom. The SMILES string of the molecule is CC1(C)CC(=O)Nc2ccc(S(=O)(=O)NCCCO)cc21. The van der Waals surface area contributed by atoms with Gasteiger partial charge in [-0.25, -0.2) is 13.1 Å². The van der Waals surface area contributed by atoms with E-state index in [1.807, 2.05) is 13.8 Å². The topological polar surface area (TPSA) is 95.5 Å². The second-order valence-corrected chi connectivity index (χ2v) is 7.56. The van der Waals surface area contributed by atoms with Crippen molar-refractivity contribution in [3.05, 3.63) is 23.8 Å². The zero-order chi connectivity index (χ0) is 15.7. The third-order valence-electron chi connectivity index (χ3n) is 3.53. The first-order valence-corrected chi connectivity index (χ1v) is 8.29. The maximum absolute atomic E-state index is 12.2. The lowest BCUT2D eigenvalue weighted by Crippen LogP contribution is -2.33. The number of anilines is 1. The molecule has 1 aliphatic heterocycles. The van der Waals surface area contributed by atoms with Gasteiger partial charge < -0.3 is 10.4 Å². The summed E-state index contributed by atoms with van der Waals surface area (Å²) in [4.78, 5) is 11.8. The highest BCUT2D eigenvalue weighted by Crippen LogP contribution is 2.38. The van der Waals surface area contributed by atoms with E-state index in [4.69, 9.17) is 5.11 Å². The van der Waals surface area contributed by atoms with Crippen LogP contribution in [-0.2, 0) is 20.2 Å². The van der Waals surface area contributed by atoms with E-state index in [9.17, 15) is 13.2 Å². The fraction of sp³-hybridized carbons (Fsp3) is 0.500. The highest BCUT2D eigenvalue weighted by molar-refractivity contribution is 7.89. The number of nitrogens with one attached hydrogen (secondary N) is 2. The Balaban J connectivity index is 2.35. The summed E-state index contributed by atoms with van der Waals surface area (Å²) >= 11 is 0. The Kier molecular flexibility index (Phi) is 4.36. The molecule has 0 radical (unpaired) electrons. The number of aliphatic hydroxyl groups excluding tert-OH is 1. The first-order chi connectivity index (χ1) is 9.76. The average Bonchev–Trinajstić information content (AvgIpc) is 2.37. The molecule has 6 nitrogen and oxygen atoms in total. The van der Waals surface area contributed by atoms with Gasteiger partial charge in [-0.05, 0) is 30.2 Å². The van der Waals surface area contributed by atoms with Gasteiger partial charge in [0.1, 0.15) is 0 Å². The van der Waals surface area contributed by atoms with Gasteiger partial charge in [0, 0.05) is 30.7 Å². The second-order valence-electron chi connectivity index (χ2n) is 5.79. The predicted octanol–water partition coefficient (Wildman–Crippen LogP) is 0.967. The smallest absolute Gasteiger partial charge is 0.240 e. The van der Waals surface area contributed by atoms with Crippen LogP contribution < -0.4 is 10.0 Å². The van der Waals surface area contributed by atoms with Crippen molar-refractivity contribution in [3.8, 4) is 0 Å². The first-order valence-electron chi connectivity index (χ1n) is 6.81. The molecule has 21 heavy (non-hydrogen) atoms. The van der Waals surface area contributed by atoms with Crippen molar-refractivity contribution in [1.29, 1.82) is 0 Å². The van der Waals surface area contributed by atoms with Crippen LogP contribution in [0.15, 0.2) is 23.1 Å². The third-order valence-corrected chi connectivity index (χ3v) is 4.99. The number of hydrogen-bond acceptors (Lipinski definition) is 4. The maximum Gasteiger partial charge on any atom is 0.240 e. The lowest BCUT2D eigenvalue weighted by Gasteiger charge is -2.32. The Morgan fingerprint density at radius 2 is 2.10 bits per heavy atom. The van der Waals surface area contributed by atoms with Crippen LogP contribution in [0.1, 0.15) is 32.3 Å². The lowest BCUT2D eigenvalue weighted by molar-refractivity contribution is -0.117. The number of carbonyl (C=O) groups is 1. The van der Waals surface area contributed by atoms with E-state index in [-0.39, 0.29) is 24.0 Å². The third kappa shape index (κ3) is 3.42. The Morgan fingerprint density at radius 1 is 1.38 bits per heavy atom. The summed E-state index contributed by atoms with van der Waals surface area (Å²) < 4.78 is 26.8. The van der Waals surface area contributed by atoms with E-state index < -0.39 is 15.4 Å². The van der Waals surface area contributed by atoms with Gasteiger partial charge >= 0.3 is 0 Å². The number of fused-ring (bicyclic) bond motifs is 1. The van der Waals surface area contributed by atoms with Gasteiger partial charge in [-0.2, -0.15) is 0 Å². The van der Waals surface area contributed by atoms with Crippen LogP contribution in [0.25, 0.3) is 0 Å². The van der Waals surface area contributed by atoms with E-state index in [0.717, 1.165) is 5.56 Å². The van der Waals surface area contributed by atoms with Gasteiger partial charge in [-0.1, -0.05) is 13.8 Å². The van der Waals surface area contributed by atoms with Crippen molar-refractivity contribution < 1.29 is 18.3 Å². The first kappa shape index (κ1) is 15.9. The number of amides is 1. The molecule has 0 aromatic heterocycles. The molecule has 1 aliphatic rings. The Hall–Kier alpha value is -1.44. The number of carbonyl (C=O) groups excluding carboxylic acids is 1. The molecule has 0 bridgehead atoms. The van der Waals surface area contributed by atoms with Crippen molar-refractivity contribution in [1.82, 2.24) is 4.72 Å². The van der Waals surface area contributed by atoms with Crippen molar-refractivity contribution in [3.63, 3.8) is 0 Å². The monoisotopic (exact) mass is 312 g/mol. The molecule has 0 unspecified atom stereocenters. The van der Waals surface area contributed by atoms with Crippen molar-refractivity contribution in [2.45, 2.75) is 37.0 Å². The highest BCUT2D eigenvalue weighted by atomic mass is 32.2. The number of aliphatic hydroxyl groups is 1. The summed E-state index contributed by atoms with van der Waals surface area (Å²) in [5, 5.41) is 11.5. The molecule has 1 aromatic rings. The quantitative estimate of drug-likeness (QED) is 0.706. The number of rotatable bonds is 5. The fourth-order valence-electron chi connectivity index (χ4n) is 2.42. The molecule has 0 spiro atoms. The number of sulfonamides is 1. The largest absolute Gasteiger partial charge is 0.396 e. The van der Waals surface area contributed by atoms with Crippen LogP contribution in [0.5, 0.6) is 0 Å². The summed E-state index contributed by atoms with van der Waals surface area (Å²) in [7, 11) is -3.60. The molecule has 3 N–H and O–H groups in total. The number of hydrogen-bond donors (Lipinski definition) is 3. The van der Waals surface area contributed by atoms with Crippen LogP contribution >= 0.6 is 0 Å². The molecule has 7 heteroatoms. The molecule has 1 amide bonds. The maximum atomic E-state index is 12.2. The van der Waals surface area contributed by atoms with E-state index >= 15 is 0 Å². The standard InChI is InChI=1S/C14H20N2O4S/c1-14(2)9-13(18)16-12-5-4-10(8-11(12)14)21(19,20)15-6-3-7-17/h4-5,8,15,17H,3,6-7,9H2,1-2H3,(H,16,18). The van der Waals surface area contributed by atoms with Crippen LogP contribution in [0.3, 0.4) is 0 Å². The van der Waals surface area contributed by atoms with Gasteiger partial charge in [0.15, 0.2) is 0 Å². The summed E-state index contributed by atoms with van der Waals surface area (Å²) in [6.07, 6.45) is 0.688. The van der Waals surface area contributed by atoms with E-state index in [1.165, 1.54) is 6.07 Å². The van der Waals surface area contributed by atoms with Crippen molar-refractivity contribution >= 4 is 21.6 Å². The summed E-state index contributed by atoms with van der Waals surface area (Å²) in [6, 6.07) is 4.70. The van der Waals surface area contributed by atoms with Crippen LogP contribution in [0.4, 0.5) is 5.69 Å². The van der Waals surface area contributed by atoms with Crippen molar-refractivity contribution in [2.24, 2.45) is 0 Å². The van der Waals surface area contributed by atoms with Crippen molar-refractivity contribution in [2.75, 3.05) is 18.5 Å². The molecular formula is C14H20N2O4S. The molecular weight excluding hydrogens is 292 g/mol. The Labute approximate surface area is 124 Å². The zero-order valence-electron chi connectivity index (χ0n) is 12.1. The van der Waals surface area contributed by atoms with E-state index in [1.54, 1.807) is 12.1 Å². The average molecular weight is 312 g/mol. The fourth-order valence-corrected chi connectivity index (χ4v) is 3.52. The Bertz CT molecular complexity index is 653. The normalized spacial score (nSPS) is 17.2. The molecule has 116 valence electrons. The molecule has 2 rings (SSSR count). The second kappa shape index (κ2) is 5.75. The molecule has 0 saturated heterocycles. The van der Waals surface area contributed by atoms with Gasteiger partial charge in [0.05, 0.1) is 4.90 Å². The molecule has 1 aromatic carbocycles. The predicted molar refractivity (Wildman–Crippen MR) is 79.6 cm³/mol. The van der Waals surface area contributed by atoms with E-state index in [0.29, 0.717) is 18.5 Å². The van der Waals surface area contributed by atoms with Gasteiger partial charge in [0.2, 0.25) is 15.9 Å². The molecule has 0 aliphatic carbocycles. The molecule has 0 atom stereocenters. The zero-order valence-corrected chi connectivity index (χ0v) is 13.0. The van der Waals surface area contributed by atoms with E-state index in [2.05, 4.69) is 10.0 Å².